The average Bonchev–Trinajstić information content (AvgIpc) is 2.98. The van der Waals surface area contributed by atoms with Crippen LogP contribution in [0.25, 0.3) is 0 Å². The lowest BCUT2D eigenvalue weighted by Gasteiger charge is -2.33. The summed E-state index contributed by atoms with van der Waals surface area (Å²) < 4.78 is 0. The molecule has 0 nitrogen and oxygen atoms in total. The molecule has 0 amide bonds. The third kappa shape index (κ3) is 2.49. The van der Waals surface area contributed by atoms with Crippen LogP contribution in [0, 0.1) is 35.5 Å². The van der Waals surface area contributed by atoms with Crippen molar-refractivity contribution < 1.29 is 0 Å². The van der Waals surface area contributed by atoms with Gasteiger partial charge in [0.15, 0.2) is 0 Å². The van der Waals surface area contributed by atoms with Crippen LogP contribution in [0.15, 0.2) is 0 Å². The van der Waals surface area contributed by atoms with Crippen molar-refractivity contribution in [2.75, 3.05) is 0 Å². The molecule has 0 spiro atoms. The molecule has 104 valence electrons. The molecule has 0 bridgehead atoms. The first-order valence-electron chi connectivity index (χ1n) is 8.75. The molecule has 3 saturated carbocycles. The van der Waals surface area contributed by atoms with Gasteiger partial charge in [-0.05, 0) is 61.2 Å². The lowest BCUT2D eigenvalue weighted by molar-refractivity contribution is 0.171. The van der Waals surface area contributed by atoms with Gasteiger partial charge in [0, 0.05) is 0 Å². The maximum Gasteiger partial charge on any atom is -0.0352 e. The van der Waals surface area contributed by atoms with E-state index in [4.69, 9.17) is 0 Å². The van der Waals surface area contributed by atoms with Crippen molar-refractivity contribution in [3.8, 4) is 0 Å². The highest BCUT2D eigenvalue weighted by Gasteiger charge is 2.45. The molecule has 18 heavy (non-hydrogen) atoms. The third-order valence-electron chi connectivity index (χ3n) is 6.57. The van der Waals surface area contributed by atoms with Gasteiger partial charge < -0.3 is 0 Å². The summed E-state index contributed by atoms with van der Waals surface area (Å²) in [4.78, 5) is 0. The van der Waals surface area contributed by atoms with Gasteiger partial charge in [0.2, 0.25) is 0 Å². The number of hydrogen-bond donors (Lipinski definition) is 0. The zero-order valence-electron chi connectivity index (χ0n) is 12.5. The van der Waals surface area contributed by atoms with Gasteiger partial charge in [0.25, 0.3) is 0 Å². The van der Waals surface area contributed by atoms with Crippen molar-refractivity contribution >= 4 is 0 Å². The van der Waals surface area contributed by atoms with Crippen molar-refractivity contribution in [2.45, 2.75) is 78.1 Å². The van der Waals surface area contributed by atoms with E-state index in [0.717, 1.165) is 35.5 Å². The molecule has 3 aliphatic rings. The number of hydrogen-bond acceptors (Lipinski definition) is 0. The standard InChI is InChI=1S/C18H32/c1-13(2)18-12-15(11-14-7-3-4-8-14)16-9-5-6-10-17(16)18/h13-18H,3-12H2,1-2H3. The molecule has 0 heterocycles. The zero-order chi connectivity index (χ0) is 12.5. The first-order valence-corrected chi connectivity index (χ1v) is 8.75. The van der Waals surface area contributed by atoms with Crippen LogP contribution in [0.5, 0.6) is 0 Å². The zero-order valence-corrected chi connectivity index (χ0v) is 12.5. The van der Waals surface area contributed by atoms with Gasteiger partial charge in [-0.3, -0.25) is 0 Å². The van der Waals surface area contributed by atoms with Crippen LogP contribution in [0.3, 0.4) is 0 Å². The molecule has 3 rings (SSSR count). The van der Waals surface area contributed by atoms with E-state index in [1.807, 2.05) is 0 Å². The molecule has 0 aromatic heterocycles. The molecule has 0 heteroatoms. The van der Waals surface area contributed by atoms with E-state index >= 15 is 0 Å². The van der Waals surface area contributed by atoms with Crippen molar-refractivity contribution in [3.05, 3.63) is 0 Å². The minimum absolute atomic E-state index is 0.934. The Hall–Kier alpha value is 0. The van der Waals surface area contributed by atoms with E-state index in [0.29, 0.717) is 0 Å². The summed E-state index contributed by atoms with van der Waals surface area (Å²) in [5, 5.41) is 0. The molecule has 0 radical (unpaired) electrons. The summed E-state index contributed by atoms with van der Waals surface area (Å²) in [5.74, 6) is 6.48. The van der Waals surface area contributed by atoms with Gasteiger partial charge >= 0.3 is 0 Å². The van der Waals surface area contributed by atoms with Crippen molar-refractivity contribution in [1.82, 2.24) is 0 Å². The summed E-state index contributed by atoms with van der Waals surface area (Å²) >= 11 is 0. The van der Waals surface area contributed by atoms with Crippen LogP contribution in [0.1, 0.15) is 78.1 Å². The molecular weight excluding hydrogens is 216 g/mol. The highest BCUT2D eigenvalue weighted by atomic mass is 14.5. The van der Waals surface area contributed by atoms with Crippen LogP contribution in [0.4, 0.5) is 0 Å². The minimum atomic E-state index is 0.934. The van der Waals surface area contributed by atoms with Crippen molar-refractivity contribution in [2.24, 2.45) is 35.5 Å². The summed E-state index contributed by atoms with van der Waals surface area (Å²) in [6.07, 6.45) is 15.6. The second-order valence-electron chi connectivity index (χ2n) is 7.90. The summed E-state index contributed by atoms with van der Waals surface area (Å²) in [6.45, 7) is 4.96. The fourth-order valence-corrected chi connectivity index (χ4v) is 5.72. The monoisotopic (exact) mass is 248 g/mol. The quantitative estimate of drug-likeness (QED) is 0.604. The fraction of sp³-hybridized carbons (Fsp3) is 1.00. The van der Waals surface area contributed by atoms with E-state index in [2.05, 4.69) is 13.8 Å². The van der Waals surface area contributed by atoms with Gasteiger partial charge in [-0.25, -0.2) is 0 Å². The predicted molar refractivity (Wildman–Crippen MR) is 78.5 cm³/mol. The van der Waals surface area contributed by atoms with E-state index in [1.54, 1.807) is 38.5 Å². The molecule has 0 aromatic carbocycles. The van der Waals surface area contributed by atoms with Crippen LogP contribution >= 0.6 is 0 Å². The number of rotatable bonds is 3. The second-order valence-corrected chi connectivity index (χ2v) is 7.90. The Kier molecular flexibility index (Phi) is 4.01. The number of fused-ring (bicyclic) bond motifs is 1. The molecule has 0 aromatic rings. The van der Waals surface area contributed by atoms with Gasteiger partial charge in [0.05, 0.1) is 0 Å². The molecular formula is C18H32. The molecule has 3 fully saturated rings. The van der Waals surface area contributed by atoms with Crippen LogP contribution in [-0.4, -0.2) is 0 Å². The van der Waals surface area contributed by atoms with Gasteiger partial charge in [-0.1, -0.05) is 52.4 Å². The van der Waals surface area contributed by atoms with E-state index in [9.17, 15) is 0 Å². The normalized spacial score (nSPS) is 41.5. The third-order valence-corrected chi connectivity index (χ3v) is 6.57. The first-order chi connectivity index (χ1) is 8.75. The Bertz CT molecular complexity index is 261. The Labute approximate surface area is 114 Å². The molecule has 0 aliphatic heterocycles. The summed E-state index contributed by atoms with van der Waals surface area (Å²) in [5.41, 5.74) is 0. The maximum atomic E-state index is 2.48. The minimum Gasteiger partial charge on any atom is -0.0625 e. The SMILES string of the molecule is CC(C)C1CC(CC2CCCC2)C2CCCCC12. The Balaban J connectivity index is 1.66. The Morgan fingerprint density at radius 3 is 2.11 bits per heavy atom. The molecule has 4 atom stereocenters. The Morgan fingerprint density at radius 2 is 1.44 bits per heavy atom. The van der Waals surface area contributed by atoms with E-state index < -0.39 is 0 Å². The summed E-state index contributed by atoms with van der Waals surface area (Å²) in [7, 11) is 0. The highest BCUT2D eigenvalue weighted by molar-refractivity contribution is 4.94. The predicted octanol–water partition coefficient (Wildman–Crippen LogP) is 5.67. The van der Waals surface area contributed by atoms with Crippen LogP contribution < -0.4 is 0 Å². The van der Waals surface area contributed by atoms with Gasteiger partial charge in [-0.2, -0.15) is 0 Å². The highest BCUT2D eigenvalue weighted by Crippen LogP contribution is 2.54. The first kappa shape index (κ1) is 13.0. The molecule has 4 unspecified atom stereocenters. The van der Waals surface area contributed by atoms with E-state index in [-0.39, 0.29) is 0 Å². The summed E-state index contributed by atoms with van der Waals surface area (Å²) in [6, 6.07) is 0. The molecule has 3 aliphatic carbocycles. The maximum absolute atomic E-state index is 2.48. The Morgan fingerprint density at radius 1 is 0.833 bits per heavy atom. The second kappa shape index (κ2) is 5.55. The fourth-order valence-electron chi connectivity index (χ4n) is 5.72. The van der Waals surface area contributed by atoms with Gasteiger partial charge in [0.1, 0.15) is 0 Å². The largest absolute Gasteiger partial charge is 0.0625 e. The van der Waals surface area contributed by atoms with E-state index in [1.165, 1.54) is 25.7 Å². The lowest BCUT2D eigenvalue weighted by atomic mass is 9.73. The lowest BCUT2D eigenvalue weighted by Crippen LogP contribution is -2.24. The smallest absolute Gasteiger partial charge is 0.0352 e. The molecule has 0 N–H and O–H groups in total. The van der Waals surface area contributed by atoms with Crippen molar-refractivity contribution in [3.63, 3.8) is 0 Å². The van der Waals surface area contributed by atoms with Crippen LogP contribution in [-0.2, 0) is 0 Å². The van der Waals surface area contributed by atoms with Crippen LogP contribution in [0.2, 0.25) is 0 Å². The average molecular weight is 248 g/mol. The van der Waals surface area contributed by atoms with Gasteiger partial charge in [-0.15, -0.1) is 0 Å². The van der Waals surface area contributed by atoms with Crippen molar-refractivity contribution in [1.29, 1.82) is 0 Å². The molecule has 0 saturated heterocycles. The topological polar surface area (TPSA) is 0 Å².